The highest BCUT2D eigenvalue weighted by atomic mass is 16.5. The molecule has 18 heavy (non-hydrogen) atoms. The topological polar surface area (TPSA) is 38.3 Å². The van der Waals surface area contributed by atoms with Crippen molar-refractivity contribution in [1.82, 2.24) is 5.32 Å². The van der Waals surface area contributed by atoms with E-state index in [1.54, 1.807) is 6.92 Å². The summed E-state index contributed by atoms with van der Waals surface area (Å²) < 4.78 is 4.86. The molecule has 0 spiro atoms. The largest absolute Gasteiger partial charge is 0.463 e. The van der Waals surface area contributed by atoms with E-state index in [0.717, 1.165) is 18.9 Å². The van der Waals surface area contributed by atoms with E-state index in [-0.39, 0.29) is 5.97 Å². The molecule has 0 rings (SSSR count). The van der Waals surface area contributed by atoms with Gasteiger partial charge in [-0.1, -0.05) is 46.1 Å². The predicted octanol–water partition coefficient (Wildman–Crippen LogP) is 3.30. The fourth-order valence-corrected chi connectivity index (χ4v) is 1.70. The van der Waals surface area contributed by atoms with Crippen LogP contribution in [0, 0.1) is 5.92 Å². The molecule has 0 aliphatic heterocycles. The Hall–Kier alpha value is -0.830. The van der Waals surface area contributed by atoms with Crippen molar-refractivity contribution in [2.24, 2.45) is 5.92 Å². The van der Waals surface area contributed by atoms with Crippen molar-refractivity contribution in [3.63, 3.8) is 0 Å². The molecule has 0 aliphatic carbocycles. The molecule has 0 aromatic rings. The molecular formula is C15H29NO2. The SMILES string of the molecule is C=C(CNCCCCCCC(C)C)C(=O)OCC. The molecule has 0 atom stereocenters. The van der Waals surface area contributed by atoms with Crippen molar-refractivity contribution < 1.29 is 9.53 Å². The van der Waals surface area contributed by atoms with Crippen LogP contribution in [0.1, 0.15) is 52.9 Å². The number of rotatable bonds is 11. The molecule has 0 fully saturated rings. The Bertz CT molecular complexity index is 237. The van der Waals surface area contributed by atoms with Gasteiger partial charge in [-0.2, -0.15) is 0 Å². The van der Waals surface area contributed by atoms with Crippen molar-refractivity contribution in [3.05, 3.63) is 12.2 Å². The van der Waals surface area contributed by atoms with Crippen LogP contribution in [0.5, 0.6) is 0 Å². The summed E-state index contributed by atoms with van der Waals surface area (Å²) in [6.07, 6.45) is 6.37. The quantitative estimate of drug-likeness (QED) is 0.350. The monoisotopic (exact) mass is 255 g/mol. The first-order chi connectivity index (χ1) is 8.57. The number of hydrogen-bond donors (Lipinski definition) is 1. The highest BCUT2D eigenvalue weighted by Gasteiger charge is 2.06. The number of ether oxygens (including phenoxy) is 1. The third kappa shape index (κ3) is 10.3. The van der Waals surface area contributed by atoms with E-state index >= 15 is 0 Å². The third-order valence-electron chi connectivity index (χ3n) is 2.79. The number of carbonyl (C=O) groups is 1. The fraction of sp³-hybridized carbons (Fsp3) is 0.800. The zero-order chi connectivity index (χ0) is 13.8. The van der Waals surface area contributed by atoms with Gasteiger partial charge in [0.2, 0.25) is 0 Å². The summed E-state index contributed by atoms with van der Waals surface area (Å²) in [5.41, 5.74) is 0.511. The second kappa shape index (κ2) is 11.3. The van der Waals surface area contributed by atoms with Crippen molar-refractivity contribution in [1.29, 1.82) is 0 Å². The fourth-order valence-electron chi connectivity index (χ4n) is 1.70. The number of nitrogens with one attached hydrogen (secondary N) is 1. The Labute approximate surface area is 112 Å². The Kier molecular flexibility index (Phi) is 10.8. The van der Waals surface area contributed by atoms with Gasteiger partial charge in [0.25, 0.3) is 0 Å². The van der Waals surface area contributed by atoms with Crippen LogP contribution in [0.4, 0.5) is 0 Å². The molecule has 0 saturated carbocycles. The maximum absolute atomic E-state index is 11.3. The van der Waals surface area contributed by atoms with Crippen LogP contribution in [0.15, 0.2) is 12.2 Å². The number of hydrogen-bond acceptors (Lipinski definition) is 3. The Morgan fingerprint density at radius 2 is 1.89 bits per heavy atom. The number of esters is 1. The van der Waals surface area contributed by atoms with Crippen molar-refractivity contribution >= 4 is 5.97 Å². The van der Waals surface area contributed by atoms with Crippen LogP contribution >= 0.6 is 0 Å². The first-order valence-electron chi connectivity index (χ1n) is 7.13. The highest BCUT2D eigenvalue weighted by molar-refractivity contribution is 5.88. The molecule has 0 aliphatic rings. The van der Waals surface area contributed by atoms with Gasteiger partial charge < -0.3 is 10.1 Å². The molecule has 1 N–H and O–H groups in total. The highest BCUT2D eigenvalue weighted by Crippen LogP contribution is 2.08. The first-order valence-corrected chi connectivity index (χ1v) is 7.13. The van der Waals surface area contributed by atoms with Crippen LogP contribution in [-0.2, 0) is 9.53 Å². The molecule has 0 aromatic heterocycles. The van der Waals surface area contributed by atoms with Gasteiger partial charge in [0, 0.05) is 12.1 Å². The summed E-state index contributed by atoms with van der Waals surface area (Å²) in [5, 5.41) is 3.22. The minimum atomic E-state index is -0.290. The third-order valence-corrected chi connectivity index (χ3v) is 2.79. The standard InChI is InChI=1S/C15H29NO2/c1-5-18-15(17)14(4)12-16-11-9-7-6-8-10-13(2)3/h13,16H,4-12H2,1-3H3. The van der Waals surface area contributed by atoms with E-state index in [2.05, 4.69) is 25.7 Å². The lowest BCUT2D eigenvalue weighted by Crippen LogP contribution is -2.22. The lowest BCUT2D eigenvalue weighted by atomic mass is 10.0. The van der Waals surface area contributed by atoms with E-state index in [9.17, 15) is 4.79 Å². The molecule has 0 unspecified atom stereocenters. The number of carbonyl (C=O) groups excluding carboxylic acids is 1. The summed E-state index contributed by atoms with van der Waals surface area (Å²) in [4.78, 5) is 11.3. The van der Waals surface area contributed by atoms with Gasteiger partial charge in [0.1, 0.15) is 0 Å². The molecule has 106 valence electrons. The van der Waals surface area contributed by atoms with Gasteiger partial charge in [0.05, 0.1) is 6.61 Å². The van der Waals surface area contributed by atoms with E-state index in [1.165, 1.54) is 25.7 Å². The molecule has 0 heterocycles. The maximum atomic E-state index is 11.3. The van der Waals surface area contributed by atoms with Crippen molar-refractivity contribution in [3.8, 4) is 0 Å². The van der Waals surface area contributed by atoms with Gasteiger partial charge >= 0.3 is 5.97 Å². The van der Waals surface area contributed by atoms with Crippen LogP contribution < -0.4 is 5.32 Å². The second-order valence-corrected chi connectivity index (χ2v) is 5.10. The van der Waals surface area contributed by atoms with Crippen molar-refractivity contribution in [2.75, 3.05) is 19.7 Å². The molecule has 3 nitrogen and oxygen atoms in total. The lowest BCUT2D eigenvalue weighted by molar-refractivity contribution is -0.138. The first kappa shape index (κ1) is 17.2. The average Bonchev–Trinajstić information content (AvgIpc) is 2.32. The Morgan fingerprint density at radius 3 is 2.50 bits per heavy atom. The Morgan fingerprint density at radius 1 is 1.22 bits per heavy atom. The summed E-state index contributed by atoms with van der Waals surface area (Å²) in [5.74, 6) is 0.526. The average molecular weight is 255 g/mol. The van der Waals surface area contributed by atoms with Gasteiger partial charge in [-0.25, -0.2) is 4.79 Å². The molecule has 0 aromatic carbocycles. The van der Waals surface area contributed by atoms with Gasteiger partial charge in [-0.05, 0) is 25.8 Å². The van der Waals surface area contributed by atoms with Gasteiger partial charge in [-0.3, -0.25) is 0 Å². The summed E-state index contributed by atoms with van der Waals surface area (Å²) in [6.45, 7) is 11.9. The molecule has 0 amide bonds. The van der Waals surface area contributed by atoms with E-state index < -0.39 is 0 Å². The molecule has 3 heteroatoms. The van der Waals surface area contributed by atoms with Crippen LogP contribution in [0.2, 0.25) is 0 Å². The summed E-state index contributed by atoms with van der Waals surface area (Å²) in [6, 6.07) is 0. The minimum absolute atomic E-state index is 0.290. The predicted molar refractivity (Wildman–Crippen MR) is 76.6 cm³/mol. The lowest BCUT2D eigenvalue weighted by Gasteiger charge is -2.07. The Balaban J connectivity index is 3.30. The molecule has 0 saturated heterocycles. The minimum Gasteiger partial charge on any atom is -0.463 e. The van der Waals surface area contributed by atoms with Crippen LogP contribution in [-0.4, -0.2) is 25.7 Å². The molecule has 0 radical (unpaired) electrons. The zero-order valence-electron chi connectivity index (χ0n) is 12.3. The normalized spacial score (nSPS) is 10.7. The number of unbranched alkanes of at least 4 members (excludes halogenated alkanes) is 3. The summed E-state index contributed by atoms with van der Waals surface area (Å²) in [7, 11) is 0. The molecule has 0 bridgehead atoms. The van der Waals surface area contributed by atoms with E-state index in [0.29, 0.717) is 18.7 Å². The van der Waals surface area contributed by atoms with E-state index in [1.807, 2.05) is 0 Å². The second-order valence-electron chi connectivity index (χ2n) is 5.10. The van der Waals surface area contributed by atoms with Crippen LogP contribution in [0.3, 0.4) is 0 Å². The van der Waals surface area contributed by atoms with Crippen LogP contribution in [0.25, 0.3) is 0 Å². The smallest absolute Gasteiger partial charge is 0.334 e. The molecular weight excluding hydrogens is 226 g/mol. The van der Waals surface area contributed by atoms with Gasteiger partial charge in [0.15, 0.2) is 0 Å². The van der Waals surface area contributed by atoms with E-state index in [4.69, 9.17) is 4.74 Å². The van der Waals surface area contributed by atoms with Gasteiger partial charge in [-0.15, -0.1) is 0 Å². The zero-order valence-corrected chi connectivity index (χ0v) is 12.3. The maximum Gasteiger partial charge on any atom is 0.334 e. The summed E-state index contributed by atoms with van der Waals surface area (Å²) >= 11 is 0. The van der Waals surface area contributed by atoms with Crippen molar-refractivity contribution in [2.45, 2.75) is 52.9 Å².